The fourth-order valence-corrected chi connectivity index (χ4v) is 2.32. The van der Waals surface area contributed by atoms with E-state index in [-0.39, 0.29) is 24.3 Å². The van der Waals surface area contributed by atoms with Crippen LogP contribution in [-0.4, -0.2) is 41.8 Å². The fraction of sp³-hybridized carbons (Fsp3) is 0.571. The van der Waals surface area contributed by atoms with Crippen LogP contribution in [-0.2, 0) is 4.74 Å². The Kier molecular flexibility index (Phi) is 4.50. The predicted octanol–water partition coefficient (Wildman–Crippen LogP) is 2.11. The Hall–Kier alpha value is -1.04. The van der Waals surface area contributed by atoms with Crippen LogP contribution in [0, 0.1) is 11.6 Å². The summed E-state index contributed by atoms with van der Waals surface area (Å²) in [5.74, 6) is -1.90. The molecular formula is C14H19F2NO2. The Bertz CT molecular complexity index is 441. The van der Waals surface area contributed by atoms with Crippen LogP contribution in [0.15, 0.2) is 18.2 Å². The molecule has 19 heavy (non-hydrogen) atoms. The highest BCUT2D eigenvalue weighted by molar-refractivity contribution is 5.21. The number of hydrogen-bond acceptors (Lipinski definition) is 3. The van der Waals surface area contributed by atoms with E-state index in [1.807, 2.05) is 18.7 Å². The van der Waals surface area contributed by atoms with E-state index in [4.69, 9.17) is 4.74 Å². The van der Waals surface area contributed by atoms with Gasteiger partial charge in [0.2, 0.25) is 0 Å². The molecule has 0 saturated carbocycles. The Balaban J connectivity index is 2.07. The lowest BCUT2D eigenvalue weighted by molar-refractivity contribution is -0.0622. The summed E-state index contributed by atoms with van der Waals surface area (Å²) < 4.78 is 32.2. The second kappa shape index (κ2) is 5.94. The summed E-state index contributed by atoms with van der Waals surface area (Å²) in [7, 11) is 0. The van der Waals surface area contributed by atoms with Gasteiger partial charge in [0.1, 0.15) is 0 Å². The largest absolute Gasteiger partial charge is 0.387 e. The number of benzene rings is 1. The molecule has 0 bridgehead atoms. The van der Waals surface area contributed by atoms with Crippen LogP contribution in [0.5, 0.6) is 0 Å². The molecule has 0 amide bonds. The lowest BCUT2D eigenvalue weighted by Gasteiger charge is -2.37. The Morgan fingerprint density at radius 3 is 2.89 bits per heavy atom. The molecule has 106 valence electrons. The standard InChI is InChI=1S/C14H19F2NO2/c1-9-8-19-10(2)6-17(9)7-13(18)11-4-3-5-12(15)14(11)16/h3-5,9-10,13,18H,6-8H2,1-2H3. The van der Waals surface area contributed by atoms with E-state index in [2.05, 4.69) is 0 Å². The zero-order chi connectivity index (χ0) is 14.0. The molecule has 3 unspecified atom stereocenters. The number of rotatable bonds is 3. The molecule has 2 rings (SSSR count). The highest BCUT2D eigenvalue weighted by Gasteiger charge is 2.26. The van der Waals surface area contributed by atoms with Crippen molar-refractivity contribution in [3.8, 4) is 0 Å². The van der Waals surface area contributed by atoms with Gasteiger partial charge in [0.05, 0.1) is 18.8 Å². The number of ether oxygens (including phenoxy) is 1. The maximum absolute atomic E-state index is 13.6. The normalized spacial score (nSPS) is 26.4. The van der Waals surface area contributed by atoms with Crippen molar-refractivity contribution in [2.24, 2.45) is 0 Å². The molecule has 3 nitrogen and oxygen atoms in total. The number of aliphatic hydroxyl groups excluding tert-OH is 1. The van der Waals surface area contributed by atoms with Crippen LogP contribution in [0.25, 0.3) is 0 Å². The average Bonchev–Trinajstić information content (AvgIpc) is 2.37. The Labute approximate surface area is 111 Å². The van der Waals surface area contributed by atoms with E-state index in [1.165, 1.54) is 12.1 Å². The first kappa shape index (κ1) is 14.4. The van der Waals surface area contributed by atoms with Gasteiger partial charge >= 0.3 is 0 Å². The van der Waals surface area contributed by atoms with Gasteiger partial charge in [0.25, 0.3) is 0 Å². The quantitative estimate of drug-likeness (QED) is 0.914. The number of β-amino-alcohol motifs (C(OH)–C–C–N with tert-alkyl or cyclic N) is 1. The van der Waals surface area contributed by atoms with E-state index >= 15 is 0 Å². The van der Waals surface area contributed by atoms with Crippen molar-refractivity contribution in [1.29, 1.82) is 0 Å². The van der Waals surface area contributed by atoms with Crippen LogP contribution in [0.2, 0.25) is 0 Å². The third-order valence-electron chi connectivity index (χ3n) is 3.48. The molecule has 1 aliphatic rings. The zero-order valence-corrected chi connectivity index (χ0v) is 11.1. The third-order valence-corrected chi connectivity index (χ3v) is 3.48. The molecule has 0 aromatic heterocycles. The first-order valence-corrected chi connectivity index (χ1v) is 6.46. The van der Waals surface area contributed by atoms with E-state index in [0.29, 0.717) is 13.2 Å². The monoisotopic (exact) mass is 271 g/mol. The van der Waals surface area contributed by atoms with Crippen molar-refractivity contribution in [1.82, 2.24) is 4.90 Å². The fourth-order valence-electron chi connectivity index (χ4n) is 2.32. The molecule has 1 heterocycles. The second-order valence-corrected chi connectivity index (χ2v) is 5.11. The molecule has 1 N–H and O–H groups in total. The third kappa shape index (κ3) is 3.29. The van der Waals surface area contributed by atoms with Gasteiger partial charge in [0.15, 0.2) is 11.6 Å². The predicted molar refractivity (Wildman–Crippen MR) is 67.8 cm³/mol. The van der Waals surface area contributed by atoms with E-state index < -0.39 is 17.7 Å². The Morgan fingerprint density at radius 2 is 2.16 bits per heavy atom. The van der Waals surface area contributed by atoms with Gasteiger partial charge < -0.3 is 9.84 Å². The SMILES string of the molecule is CC1CN(CC(O)c2cccc(F)c2F)C(C)CO1. The van der Waals surface area contributed by atoms with Crippen LogP contribution < -0.4 is 0 Å². The molecule has 0 radical (unpaired) electrons. The number of nitrogens with zero attached hydrogens (tertiary/aromatic N) is 1. The molecule has 1 aromatic rings. The smallest absolute Gasteiger partial charge is 0.164 e. The summed E-state index contributed by atoms with van der Waals surface area (Å²) in [6.45, 7) is 5.47. The molecular weight excluding hydrogens is 252 g/mol. The van der Waals surface area contributed by atoms with Crippen LogP contribution in [0.3, 0.4) is 0 Å². The average molecular weight is 271 g/mol. The van der Waals surface area contributed by atoms with Crippen molar-refractivity contribution in [2.45, 2.75) is 32.1 Å². The van der Waals surface area contributed by atoms with Crippen LogP contribution >= 0.6 is 0 Å². The first-order chi connectivity index (χ1) is 8.99. The van der Waals surface area contributed by atoms with Gasteiger partial charge in [-0.3, -0.25) is 4.90 Å². The van der Waals surface area contributed by atoms with E-state index in [1.54, 1.807) is 0 Å². The number of morpholine rings is 1. The minimum Gasteiger partial charge on any atom is -0.387 e. The summed E-state index contributed by atoms with van der Waals surface area (Å²) >= 11 is 0. The maximum atomic E-state index is 13.6. The molecule has 3 atom stereocenters. The summed E-state index contributed by atoms with van der Waals surface area (Å²) in [4.78, 5) is 2.03. The van der Waals surface area contributed by atoms with Crippen LogP contribution in [0.1, 0.15) is 25.5 Å². The molecule has 1 saturated heterocycles. The van der Waals surface area contributed by atoms with E-state index in [9.17, 15) is 13.9 Å². The molecule has 0 aliphatic carbocycles. The summed E-state index contributed by atoms with van der Waals surface area (Å²) in [5.41, 5.74) is 0.00587. The molecule has 5 heteroatoms. The number of halogens is 2. The van der Waals surface area contributed by atoms with Gasteiger partial charge in [-0.05, 0) is 19.9 Å². The zero-order valence-electron chi connectivity index (χ0n) is 11.1. The molecule has 1 fully saturated rings. The van der Waals surface area contributed by atoms with Crippen molar-refractivity contribution in [2.75, 3.05) is 19.7 Å². The molecule has 1 aliphatic heterocycles. The van der Waals surface area contributed by atoms with Gasteiger partial charge in [-0.1, -0.05) is 12.1 Å². The van der Waals surface area contributed by atoms with Crippen molar-refractivity contribution < 1.29 is 18.6 Å². The lowest BCUT2D eigenvalue weighted by atomic mass is 10.1. The van der Waals surface area contributed by atoms with Gasteiger partial charge in [-0.2, -0.15) is 0 Å². The van der Waals surface area contributed by atoms with Crippen molar-refractivity contribution in [3.63, 3.8) is 0 Å². The minimum absolute atomic E-state index is 0.00587. The number of aliphatic hydroxyl groups is 1. The minimum atomic E-state index is -1.04. The molecule has 1 aromatic carbocycles. The van der Waals surface area contributed by atoms with Gasteiger partial charge in [0, 0.05) is 24.7 Å². The topological polar surface area (TPSA) is 32.7 Å². The van der Waals surface area contributed by atoms with Crippen LogP contribution in [0.4, 0.5) is 8.78 Å². The lowest BCUT2D eigenvalue weighted by Crippen LogP contribution is -2.48. The molecule has 0 spiro atoms. The first-order valence-electron chi connectivity index (χ1n) is 6.46. The van der Waals surface area contributed by atoms with Gasteiger partial charge in [-0.15, -0.1) is 0 Å². The summed E-state index contributed by atoms with van der Waals surface area (Å²) in [5, 5.41) is 10.1. The summed E-state index contributed by atoms with van der Waals surface area (Å²) in [6.07, 6.45) is -0.954. The highest BCUT2D eigenvalue weighted by Crippen LogP contribution is 2.22. The number of hydrogen-bond donors (Lipinski definition) is 1. The van der Waals surface area contributed by atoms with Gasteiger partial charge in [-0.25, -0.2) is 8.78 Å². The summed E-state index contributed by atoms with van der Waals surface area (Å²) in [6, 6.07) is 4.02. The second-order valence-electron chi connectivity index (χ2n) is 5.11. The van der Waals surface area contributed by atoms with Crippen molar-refractivity contribution >= 4 is 0 Å². The highest BCUT2D eigenvalue weighted by atomic mass is 19.2. The van der Waals surface area contributed by atoms with E-state index in [0.717, 1.165) is 6.07 Å². The maximum Gasteiger partial charge on any atom is 0.164 e. The van der Waals surface area contributed by atoms with Crippen molar-refractivity contribution in [3.05, 3.63) is 35.4 Å². The Morgan fingerprint density at radius 1 is 1.42 bits per heavy atom.